The number of primary amides is 2. The molecule has 2 rings (SSSR count). The van der Waals surface area contributed by atoms with Crippen molar-refractivity contribution in [2.24, 2.45) is 39.6 Å². The normalized spacial score (nSPS) is 16.1. The number of rotatable bonds is 26. The highest BCUT2D eigenvalue weighted by atomic mass is 16.4. The summed E-state index contributed by atoms with van der Waals surface area (Å²) < 4.78 is 0. The van der Waals surface area contributed by atoms with Crippen LogP contribution in [0.1, 0.15) is 85.1 Å². The second kappa shape index (κ2) is 29.6. The molecule has 0 spiro atoms. The van der Waals surface area contributed by atoms with E-state index in [2.05, 4.69) is 36.9 Å². The molecule has 8 atom stereocenters. The maximum atomic E-state index is 13.8. The van der Waals surface area contributed by atoms with Crippen molar-refractivity contribution in [1.29, 1.82) is 0 Å². The SMILES string of the molecule is CC(=O)O.CC(C)CC(NC(=O)C(N)CO)C(=O)NC(C)C(=O)NC(C)C(=O)N1CCCC1C(=O)NC(CCC(N)=O)C(=O)NC(CCCN=C(N)N)C(=O)NC(Cc1ccccc1)C(N)=O. The third-order valence-electron chi connectivity index (χ3n) is 10.0. The van der Waals surface area contributed by atoms with Gasteiger partial charge in [0.25, 0.3) is 5.97 Å². The van der Waals surface area contributed by atoms with Gasteiger partial charge in [-0.05, 0) is 63.9 Å². The first-order valence-electron chi connectivity index (χ1n) is 21.7. The molecule has 1 saturated heterocycles. The van der Waals surface area contributed by atoms with Crippen molar-refractivity contribution in [3.63, 3.8) is 0 Å². The molecule has 25 nitrogen and oxygen atoms in total. The number of hydrogen-bond acceptors (Lipinski definition) is 13. The Kier molecular flexibility index (Phi) is 25.7. The molecule has 8 unspecified atom stereocenters. The van der Waals surface area contributed by atoms with Gasteiger partial charge in [0.2, 0.25) is 53.2 Å². The van der Waals surface area contributed by atoms with Gasteiger partial charge in [-0.1, -0.05) is 44.2 Å². The van der Waals surface area contributed by atoms with Crippen molar-refractivity contribution < 1.29 is 58.2 Å². The molecule has 0 saturated carbocycles. The summed E-state index contributed by atoms with van der Waals surface area (Å²) in [5.41, 5.74) is 28.1. The van der Waals surface area contributed by atoms with Gasteiger partial charge in [-0.15, -0.1) is 0 Å². The van der Waals surface area contributed by atoms with E-state index in [0.29, 0.717) is 12.0 Å². The van der Waals surface area contributed by atoms with Crippen molar-refractivity contribution >= 4 is 65.1 Å². The fourth-order valence-electron chi connectivity index (χ4n) is 6.61. The first-order valence-corrected chi connectivity index (χ1v) is 21.7. The van der Waals surface area contributed by atoms with E-state index >= 15 is 0 Å². The molecular weight excluding hydrogens is 879 g/mol. The second-order valence-corrected chi connectivity index (χ2v) is 16.4. The van der Waals surface area contributed by atoms with Gasteiger partial charge in [-0.25, -0.2) is 0 Å². The summed E-state index contributed by atoms with van der Waals surface area (Å²) in [6.45, 7) is 7.06. The van der Waals surface area contributed by atoms with Crippen LogP contribution in [0.3, 0.4) is 0 Å². The van der Waals surface area contributed by atoms with E-state index in [-0.39, 0.29) is 69.9 Å². The molecular formula is C42H69N13O12. The highest BCUT2D eigenvalue weighted by Crippen LogP contribution is 2.19. The van der Waals surface area contributed by atoms with Crippen LogP contribution in [0.15, 0.2) is 35.3 Å². The highest BCUT2D eigenvalue weighted by molar-refractivity contribution is 5.98. The fourth-order valence-corrected chi connectivity index (χ4v) is 6.61. The lowest BCUT2D eigenvalue weighted by molar-refractivity contribution is -0.142. The lowest BCUT2D eigenvalue weighted by Gasteiger charge is -2.29. The summed E-state index contributed by atoms with van der Waals surface area (Å²) in [6.07, 6.45) is 0.393. The van der Waals surface area contributed by atoms with E-state index in [0.717, 1.165) is 6.92 Å². The first kappa shape index (κ1) is 58.1. The largest absolute Gasteiger partial charge is 0.481 e. The van der Waals surface area contributed by atoms with Crippen LogP contribution >= 0.6 is 0 Å². The van der Waals surface area contributed by atoms with Crippen LogP contribution in [0.2, 0.25) is 0 Å². The zero-order chi connectivity index (χ0) is 51.0. The van der Waals surface area contributed by atoms with Crippen molar-refractivity contribution in [2.45, 2.75) is 134 Å². The zero-order valence-electron chi connectivity index (χ0n) is 38.6. The van der Waals surface area contributed by atoms with Gasteiger partial charge in [0.05, 0.1) is 6.61 Å². The van der Waals surface area contributed by atoms with E-state index in [1.54, 1.807) is 30.3 Å². The number of guanidine groups is 1. The smallest absolute Gasteiger partial charge is 0.300 e. The van der Waals surface area contributed by atoms with Gasteiger partial charge in [0.1, 0.15) is 48.3 Å². The predicted molar refractivity (Wildman–Crippen MR) is 243 cm³/mol. The Morgan fingerprint density at radius 3 is 1.81 bits per heavy atom. The summed E-state index contributed by atoms with van der Waals surface area (Å²) in [5.74, 6) is -7.90. The predicted octanol–water partition coefficient (Wildman–Crippen LogP) is -4.57. The van der Waals surface area contributed by atoms with Crippen molar-refractivity contribution in [1.82, 2.24) is 36.8 Å². The molecule has 9 amide bonds. The summed E-state index contributed by atoms with van der Waals surface area (Å²) in [7, 11) is 0. The lowest BCUT2D eigenvalue weighted by atomic mass is 10.0. The number of amides is 9. The number of carbonyl (C=O) groups excluding carboxylic acids is 9. The molecule has 1 fully saturated rings. The lowest BCUT2D eigenvalue weighted by Crippen LogP contribution is -2.59. The maximum absolute atomic E-state index is 13.8. The van der Waals surface area contributed by atoms with Gasteiger partial charge in [-0.2, -0.15) is 0 Å². The van der Waals surface area contributed by atoms with Crippen molar-refractivity contribution in [3.05, 3.63) is 35.9 Å². The molecule has 25 heteroatoms. The average molecular weight is 948 g/mol. The van der Waals surface area contributed by atoms with Crippen LogP contribution in [0.4, 0.5) is 0 Å². The van der Waals surface area contributed by atoms with E-state index in [1.165, 1.54) is 18.7 Å². The molecule has 374 valence electrons. The number of nitrogens with two attached hydrogens (primary N) is 5. The van der Waals surface area contributed by atoms with Crippen LogP contribution in [-0.2, 0) is 54.4 Å². The average Bonchev–Trinajstić information content (AvgIpc) is 3.75. The number of aliphatic hydroxyl groups is 1. The summed E-state index contributed by atoms with van der Waals surface area (Å²) in [6, 6.07) is -0.865. The molecule has 18 N–H and O–H groups in total. The summed E-state index contributed by atoms with van der Waals surface area (Å²) in [4.78, 5) is 132. The molecule has 1 heterocycles. The number of benzene rings is 1. The number of hydrogen-bond donors (Lipinski definition) is 13. The number of nitrogens with one attached hydrogen (secondary N) is 6. The monoisotopic (exact) mass is 948 g/mol. The molecule has 1 aliphatic heterocycles. The van der Waals surface area contributed by atoms with E-state index in [1.807, 2.05) is 13.8 Å². The minimum atomic E-state index is -1.42. The topological polar surface area (TPSA) is 429 Å². The number of aliphatic hydroxyl groups excluding tert-OH is 1. The minimum Gasteiger partial charge on any atom is -0.481 e. The molecule has 67 heavy (non-hydrogen) atoms. The second-order valence-electron chi connectivity index (χ2n) is 16.4. The fraction of sp³-hybridized carbons (Fsp3) is 0.595. The molecule has 1 aliphatic rings. The quantitative estimate of drug-likeness (QED) is 0.0236. The molecule has 1 aromatic carbocycles. The Morgan fingerprint density at radius 2 is 1.27 bits per heavy atom. The van der Waals surface area contributed by atoms with Crippen LogP contribution < -0.4 is 60.6 Å². The molecule has 0 bridgehead atoms. The summed E-state index contributed by atoms with van der Waals surface area (Å²) >= 11 is 0. The number of aliphatic carboxylic acids is 1. The highest BCUT2D eigenvalue weighted by Gasteiger charge is 2.39. The molecule has 0 aromatic heterocycles. The number of aliphatic imine (C=N–C) groups is 1. The van der Waals surface area contributed by atoms with Crippen molar-refractivity contribution in [3.8, 4) is 0 Å². The first-order chi connectivity index (χ1) is 31.4. The Morgan fingerprint density at radius 1 is 0.731 bits per heavy atom. The van der Waals surface area contributed by atoms with E-state index in [9.17, 15) is 48.3 Å². The standard InChI is InChI=1S/C40H65N13O10.C2H4O2/c1-21(2)18-29(52-34(58)25(41)20-54)37(61)47-22(3)33(57)48-23(4)39(63)53-17-9-13-30(53)38(62)50-27(14-15-31(42)55)36(60)49-26(12-8-16-46-40(44)45)35(59)51-28(32(43)56)19-24-10-6-5-7-11-24;1-2(3)4/h5-7,10-11,21-23,25-30,54H,8-9,12-20,41H2,1-4H3,(H2,42,55)(H2,43,56)(H,47,61)(H,48,57)(H,49,60)(H,50,62)(H,51,59)(H,52,58)(H4,44,45,46);1H3,(H,3,4). The number of nitrogens with zero attached hydrogens (tertiary/aromatic N) is 2. The van der Waals surface area contributed by atoms with Gasteiger partial charge in [-0.3, -0.25) is 52.9 Å². The van der Waals surface area contributed by atoms with Crippen LogP contribution in [0.5, 0.6) is 0 Å². The zero-order valence-corrected chi connectivity index (χ0v) is 38.6. The number of carbonyl (C=O) groups is 10. The van der Waals surface area contributed by atoms with E-state index < -0.39 is 114 Å². The van der Waals surface area contributed by atoms with Gasteiger partial charge >= 0.3 is 0 Å². The Balaban J connectivity index is 0.00000538. The molecule has 1 aromatic rings. The molecule has 0 aliphatic carbocycles. The van der Waals surface area contributed by atoms with Crippen LogP contribution in [0.25, 0.3) is 0 Å². The number of carboxylic acid groups (broad SMARTS) is 1. The maximum Gasteiger partial charge on any atom is 0.300 e. The van der Waals surface area contributed by atoms with Gasteiger partial charge < -0.3 is 75.7 Å². The Hall–Kier alpha value is -6.89. The van der Waals surface area contributed by atoms with Crippen molar-refractivity contribution in [2.75, 3.05) is 19.7 Å². The molecule has 0 radical (unpaired) electrons. The third kappa shape index (κ3) is 22.2. The number of likely N-dealkylation sites (tertiary alicyclic amines) is 1. The van der Waals surface area contributed by atoms with Gasteiger partial charge in [0, 0.05) is 32.9 Å². The third-order valence-corrected chi connectivity index (χ3v) is 10.0. The van der Waals surface area contributed by atoms with E-state index in [4.69, 9.17) is 38.6 Å². The number of carboxylic acids is 1. The van der Waals surface area contributed by atoms with Gasteiger partial charge in [0.15, 0.2) is 5.96 Å². The Bertz CT molecular complexity index is 1890. The Labute approximate surface area is 388 Å². The van der Waals surface area contributed by atoms with Crippen LogP contribution in [0, 0.1) is 5.92 Å². The minimum absolute atomic E-state index is 0.0209. The summed E-state index contributed by atoms with van der Waals surface area (Å²) in [5, 5.41) is 31.9. The van der Waals surface area contributed by atoms with Crippen LogP contribution in [-0.4, -0.2) is 148 Å².